The summed E-state index contributed by atoms with van der Waals surface area (Å²) in [5.74, 6) is 0.834. The van der Waals surface area contributed by atoms with Crippen molar-refractivity contribution in [2.75, 3.05) is 14.2 Å². The minimum Gasteiger partial charge on any atom is -0.493 e. The summed E-state index contributed by atoms with van der Waals surface area (Å²) in [7, 11) is 3.13. The van der Waals surface area contributed by atoms with E-state index in [0.717, 1.165) is 17.5 Å². The number of halogens is 1. The number of hydrogen-bond donors (Lipinski definition) is 1. The Bertz CT molecular complexity index is 790. The molecule has 1 aliphatic rings. The van der Waals surface area contributed by atoms with Gasteiger partial charge in [-0.2, -0.15) is 5.10 Å². The van der Waals surface area contributed by atoms with Crippen LogP contribution >= 0.6 is 0 Å². The summed E-state index contributed by atoms with van der Waals surface area (Å²) >= 11 is 0. The first-order valence-corrected chi connectivity index (χ1v) is 7.92. The number of ether oxygens (including phenoxy) is 2. The second-order valence-electron chi connectivity index (χ2n) is 5.85. The Labute approximate surface area is 145 Å². The van der Waals surface area contributed by atoms with Gasteiger partial charge in [0, 0.05) is 5.92 Å². The van der Waals surface area contributed by atoms with Crippen LogP contribution in [0, 0.1) is 11.7 Å². The third-order valence-corrected chi connectivity index (χ3v) is 4.22. The number of nitrogens with one attached hydrogen (secondary N) is 1. The number of carbonyl (C=O) groups is 1. The predicted molar refractivity (Wildman–Crippen MR) is 92.5 cm³/mol. The molecule has 6 heteroatoms. The molecule has 0 saturated heterocycles. The largest absolute Gasteiger partial charge is 0.493 e. The lowest BCUT2D eigenvalue weighted by Gasteiger charge is -2.07. The molecule has 0 aromatic heterocycles. The molecule has 3 rings (SSSR count). The van der Waals surface area contributed by atoms with Crippen molar-refractivity contribution in [1.82, 2.24) is 5.43 Å². The summed E-state index contributed by atoms with van der Waals surface area (Å²) < 4.78 is 23.3. The monoisotopic (exact) mass is 342 g/mol. The van der Waals surface area contributed by atoms with Crippen molar-refractivity contribution < 1.29 is 18.7 Å². The van der Waals surface area contributed by atoms with Gasteiger partial charge in [0.1, 0.15) is 5.82 Å². The Hall–Kier alpha value is -2.89. The van der Waals surface area contributed by atoms with E-state index in [1.54, 1.807) is 44.7 Å². The maximum absolute atomic E-state index is 12.9. The maximum Gasteiger partial charge on any atom is 0.243 e. The van der Waals surface area contributed by atoms with E-state index < -0.39 is 0 Å². The average molecular weight is 342 g/mol. The average Bonchev–Trinajstić information content (AvgIpc) is 3.43. The van der Waals surface area contributed by atoms with Crippen molar-refractivity contribution in [3.8, 4) is 11.5 Å². The summed E-state index contributed by atoms with van der Waals surface area (Å²) in [6.07, 6.45) is 2.30. The quantitative estimate of drug-likeness (QED) is 0.648. The Morgan fingerprint density at radius 2 is 1.88 bits per heavy atom. The number of nitrogens with zero attached hydrogens (tertiary/aromatic N) is 1. The Kier molecular flexibility index (Phi) is 4.97. The fourth-order valence-corrected chi connectivity index (χ4v) is 2.75. The first kappa shape index (κ1) is 17.0. The van der Waals surface area contributed by atoms with Crippen molar-refractivity contribution in [1.29, 1.82) is 0 Å². The minimum absolute atomic E-state index is 0.118. The molecule has 1 N–H and O–H groups in total. The first-order chi connectivity index (χ1) is 12.1. The van der Waals surface area contributed by atoms with Gasteiger partial charge in [0.05, 0.1) is 20.4 Å². The zero-order valence-electron chi connectivity index (χ0n) is 14.0. The summed E-state index contributed by atoms with van der Waals surface area (Å²) in [4.78, 5) is 12.1. The molecule has 0 bridgehead atoms. The highest BCUT2D eigenvalue weighted by Gasteiger charge is 2.43. The Morgan fingerprint density at radius 1 is 1.16 bits per heavy atom. The lowest BCUT2D eigenvalue weighted by Crippen LogP contribution is -2.20. The molecule has 0 radical (unpaired) electrons. The second kappa shape index (κ2) is 7.34. The predicted octanol–water partition coefficient (Wildman–Crippen LogP) is 3.10. The van der Waals surface area contributed by atoms with Crippen LogP contribution < -0.4 is 14.9 Å². The fourth-order valence-electron chi connectivity index (χ4n) is 2.75. The summed E-state index contributed by atoms with van der Waals surface area (Å²) in [6, 6.07) is 11.6. The van der Waals surface area contributed by atoms with Gasteiger partial charge < -0.3 is 9.47 Å². The molecule has 2 aromatic carbocycles. The van der Waals surface area contributed by atoms with Gasteiger partial charge in [-0.25, -0.2) is 9.82 Å². The zero-order valence-corrected chi connectivity index (χ0v) is 14.0. The zero-order chi connectivity index (χ0) is 17.8. The van der Waals surface area contributed by atoms with Crippen LogP contribution in [0.3, 0.4) is 0 Å². The van der Waals surface area contributed by atoms with Crippen molar-refractivity contribution >= 4 is 12.1 Å². The van der Waals surface area contributed by atoms with E-state index in [4.69, 9.17) is 9.47 Å². The van der Waals surface area contributed by atoms with Gasteiger partial charge in [-0.3, -0.25) is 4.79 Å². The van der Waals surface area contributed by atoms with Gasteiger partial charge in [0.15, 0.2) is 11.5 Å². The standard InChI is InChI=1S/C19H19FN2O3/c1-24-17-8-3-12(9-18(17)25-2)11-21-22-19(23)16-10-15(16)13-4-6-14(20)7-5-13/h3-9,11,15-16H,10H2,1-2H3,(H,22,23)/b21-11+. The number of hydrogen-bond acceptors (Lipinski definition) is 4. The summed E-state index contributed by atoms with van der Waals surface area (Å²) in [5, 5.41) is 4.00. The molecule has 1 amide bonds. The van der Waals surface area contributed by atoms with Crippen LogP contribution in [0.15, 0.2) is 47.6 Å². The molecule has 2 unspecified atom stereocenters. The van der Waals surface area contributed by atoms with Crippen LogP contribution in [0.5, 0.6) is 11.5 Å². The van der Waals surface area contributed by atoms with Crippen molar-refractivity contribution in [2.45, 2.75) is 12.3 Å². The normalized spacial score (nSPS) is 18.8. The van der Waals surface area contributed by atoms with E-state index >= 15 is 0 Å². The highest BCUT2D eigenvalue weighted by molar-refractivity contribution is 5.86. The first-order valence-electron chi connectivity index (χ1n) is 7.92. The number of carbonyl (C=O) groups excluding carboxylic acids is 1. The number of rotatable bonds is 6. The Morgan fingerprint density at radius 3 is 2.56 bits per heavy atom. The fraction of sp³-hybridized carbons (Fsp3) is 0.263. The van der Waals surface area contributed by atoms with Crippen molar-refractivity contribution in [3.05, 3.63) is 59.4 Å². The molecule has 2 aromatic rings. The molecule has 1 aliphatic carbocycles. The number of methoxy groups -OCH3 is 2. The number of benzene rings is 2. The lowest BCUT2D eigenvalue weighted by atomic mass is 10.1. The van der Waals surface area contributed by atoms with E-state index in [1.165, 1.54) is 12.1 Å². The third kappa shape index (κ3) is 3.96. The van der Waals surface area contributed by atoms with Gasteiger partial charge in [-0.15, -0.1) is 0 Å². The molecule has 0 heterocycles. The summed E-state index contributed by atoms with van der Waals surface area (Å²) in [6.45, 7) is 0. The van der Waals surface area contributed by atoms with E-state index in [-0.39, 0.29) is 23.6 Å². The van der Waals surface area contributed by atoms with Gasteiger partial charge >= 0.3 is 0 Å². The smallest absolute Gasteiger partial charge is 0.243 e. The maximum atomic E-state index is 12.9. The minimum atomic E-state index is -0.273. The highest BCUT2D eigenvalue weighted by Crippen LogP contribution is 2.47. The molecule has 5 nitrogen and oxygen atoms in total. The van der Waals surface area contributed by atoms with Gasteiger partial charge in [0.2, 0.25) is 5.91 Å². The molecule has 1 fully saturated rings. The lowest BCUT2D eigenvalue weighted by molar-refractivity contribution is -0.122. The molecular formula is C19H19FN2O3. The number of hydrazone groups is 1. The van der Waals surface area contributed by atoms with Crippen LogP contribution in [0.2, 0.25) is 0 Å². The van der Waals surface area contributed by atoms with Gasteiger partial charge in [-0.05, 0) is 53.8 Å². The molecule has 130 valence electrons. The van der Waals surface area contributed by atoms with Gasteiger partial charge in [-0.1, -0.05) is 12.1 Å². The SMILES string of the molecule is COc1ccc(/C=N/NC(=O)C2CC2c2ccc(F)cc2)cc1OC. The van der Waals surface area contributed by atoms with Crippen LogP contribution in [-0.2, 0) is 4.79 Å². The van der Waals surface area contributed by atoms with Crippen molar-refractivity contribution in [2.24, 2.45) is 11.0 Å². The molecular weight excluding hydrogens is 323 g/mol. The van der Waals surface area contributed by atoms with E-state index in [0.29, 0.717) is 11.5 Å². The van der Waals surface area contributed by atoms with Crippen molar-refractivity contribution in [3.63, 3.8) is 0 Å². The second-order valence-corrected chi connectivity index (χ2v) is 5.85. The van der Waals surface area contributed by atoms with E-state index in [1.807, 2.05) is 6.07 Å². The van der Waals surface area contributed by atoms with Crippen LogP contribution in [-0.4, -0.2) is 26.3 Å². The summed E-state index contributed by atoms with van der Waals surface area (Å²) in [5.41, 5.74) is 4.31. The van der Waals surface area contributed by atoms with E-state index in [2.05, 4.69) is 10.5 Å². The van der Waals surface area contributed by atoms with Gasteiger partial charge in [0.25, 0.3) is 0 Å². The Balaban J connectivity index is 1.56. The molecule has 2 atom stereocenters. The molecule has 25 heavy (non-hydrogen) atoms. The number of amides is 1. The topological polar surface area (TPSA) is 59.9 Å². The third-order valence-electron chi connectivity index (χ3n) is 4.22. The molecule has 1 saturated carbocycles. The van der Waals surface area contributed by atoms with Crippen LogP contribution in [0.25, 0.3) is 0 Å². The van der Waals surface area contributed by atoms with Crippen LogP contribution in [0.1, 0.15) is 23.5 Å². The molecule has 0 aliphatic heterocycles. The highest BCUT2D eigenvalue weighted by atomic mass is 19.1. The van der Waals surface area contributed by atoms with Crippen LogP contribution in [0.4, 0.5) is 4.39 Å². The molecule has 0 spiro atoms. The van der Waals surface area contributed by atoms with E-state index in [9.17, 15) is 9.18 Å².